The van der Waals surface area contributed by atoms with Gasteiger partial charge >= 0.3 is 0 Å². The summed E-state index contributed by atoms with van der Waals surface area (Å²) in [7, 11) is 0. The number of nitrogens with zero attached hydrogens (tertiary/aromatic N) is 1. The quantitative estimate of drug-likeness (QED) is 0.684. The summed E-state index contributed by atoms with van der Waals surface area (Å²) in [4.78, 5) is 4.26. The van der Waals surface area contributed by atoms with Gasteiger partial charge in [-0.2, -0.15) is 0 Å². The highest BCUT2D eigenvalue weighted by molar-refractivity contribution is 6.42. The Labute approximate surface area is 125 Å². The molecule has 0 unspecified atom stereocenters. The molecule has 2 aromatic carbocycles. The topological polar surface area (TPSA) is 48.1 Å². The van der Waals surface area contributed by atoms with Crippen LogP contribution in [0.5, 0.6) is 11.5 Å². The van der Waals surface area contributed by atoms with Crippen LogP contribution in [0.15, 0.2) is 48.7 Å². The second-order valence-corrected chi connectivity index (χ2v) is 5.04. The lowest BCUT2D eigenvalue weighted by molar-refractivity contribution is 0.488. The molecule has 0 saturated heterocycles. The molecule has 0 radical (unpaired) electrons. The number of para-hydroxylation sites is 1. The minimum absolute atomic E-state index is 0.446. The Balaban J connectivity index is 2.06. The van der Waals surface area contributed by atoms with Crippen molar-refractivity contribution in [3.63, 3.8) is 0 Å². The summed E-state index contributed by atoms with van der Waals surface area (Å²) in [5.74, 6) is 1.27. The zero-order valence-electron chi connectivity index (χ0n) is 10.3. The summed E-state index contributed by atoms with van der Waals surface area (Å²) >= 11 is 11.9. The molecule has 0 aliphatic heterocycles. The zero-order valence-corrected chi connectivity index (χ0v) is 11.8. The maximum absolute atomic E-state index is 5.98. The van der Waals surface area contributed by atoms with E-state index in [0.717, 1.165) is 5.39 Å². The molecule has 0 aliphatic carbocycles. The molecular formula is C15H10Cl2N2O. The number of nitrogens with two attached hydrogens (primary N) is 1. The Morgan fingerprint density at radius 1 is 1.00 bits per heavy atom. The monoisotopic (exact) mass is 304 g/mol. The third-order valence-electron chi connectivity index (χ3n) is 2.88. The van der Waals surface area contributed by atoms with E-state index >= 15 is 0 Å². The first kappa shape index (κ1) is 13.0. The van der Waals surface area contributed by atoms with Crippen LogP contribution in [0.25, 0.3) is 10.9 Å². The van der Waals surface area contributed by atoms with E-state index in [1.165, 1.54) is 0 Å². The van der Waals surface area contributed by atoms with E-state index in [2.05, 4.69) is 4.98 Å². The Hall–Kier alpha value is -1.97. The number of hydrogen-bond donors (Lipinski definition) is 1. The van der Waals surface area contributed by atoms with Gasteiger partial charge in [0.15, 0.2) is 0 Å². The highest BCUT2D eigenvalue weighted by atomic mass is 35.5. The molecule has 0 bridgehead atoms. The smallest absolute Gasteiger partial charge is 0.138 e. The van der Waals surface area contributed by atoms with E-state index < -0.39 is 0 Å². The molecule has 0 aliphatic rings. The van der Waals surface area contributed by atoms with E-state index in [0.29, 0.717) is 32.7 Å². The molecule has 0 fully saturated rings. The summed E-state index contributed by atoms with van der Waals surface area (Å²) in [6.07, 6.45) is 1.66. The van der Waals surface area contributed by atoms with Crippen molar-refractivity contribution in [2.24, 2.45) is 0 Å². The summed E-state index contributed by atoms with van der Waals surface area (Å²) in [5.41, 5.74) is 7.23. The summed E-state index contributed by atoms with van der Waals surface area (Å²) < 4.78 is 5.84. The van der Waals surface area contributed by atoms with Gasteiger partial charge in [-0.25, -0.2) is 0 Å². The van der Waals surface area contributed by atoms with Crippen LogP contribution in [-0.4, -0.2) is 4.98 Å². The highest BCUT2D eigenvalue weighted by Gasteiger charge is 2.07. The molecule has 0 atom stereocenters. The van der Waals surface area contributed by atoms with Gasteiger partial charge in [0.2, 0.25) is 0 Å². The van der Waals surface area contributed by atoms with E-state index in [1.54, 1.807) is 36.5 Å². The molecular weight excluding hydrogens is 295 g/mol. The number of hydrogen-bond acceptors (Lipinski definition) is 3. The minimum Gasteiger partial charge on any atom is -0.457 e. The van der Waals surface area contributed by atoms with Gasteiger partial charge in [-0.15, -0.1) is 0 Å². The van der Waals surface area contributed by atoms with Gasteiger partial charge in [-0.05, 0) is 30.3 Å². The fourth-order valence-corrected chi connectivity index (χ4v) is 2.22. The number of pyridine rings is 1. The van der Waals surface area contributed by atoms with Crippen molar-refractivity contribution in [3.05, 3.63) is 58.7 Å². The van der Waals surface area contributed by atoms with E-state index in [4.69, 9.17) is 33.7 Å². The lowest BCUT2D eigenvalue weighted by atomic mass is 10.2. The molecule has 0 amide bonds. The maximum Gasteiger partial charge on any atom is 0.138 e. The van der Waals surface area contributed by atoms with E-state index in [-0.39, 0.29) is 0 Å². The molecule has 1 aromatic heterocycles. The Morgan fingerprint density at radius 3 is 2.65 bits per heavy atom. The van der Waals surface area contributed by atoms with Crippen molar-refractivity contribution in [1.82, 2.24) is 4.98 Å². The lowest BCUT2D eigenvalue weighted by Crippen LogP contribution is -1.92. The molecule has 0 saturated carbocycles. The van der Waals surface area contributed by atoms with Crippen molar-refractivity contribution >= 4 is 39.8 Å². The number of nitrogen functional groups attached to an aromatic ring is 1. The fraction of sp³-hybridized carbons (Fsp3) is 0. The van der Waals surface area contributed by atoms with Gasteiger partial charge in [0.25, 0.3) is 0 Å². The molecule has 100 valence electrons. The fourth-order valence-electron chi connectivity index (χ4n) is 1.93. The first-order valence-electron chi connectivity index (χ1n) is 5.91. The number of ether oxygens (including phenoxy) is 1. The molecule has 0 spiro atoms. The molecule has 5 heteroatoms. The van der Waals surface area contributed by atoms with Crippen LogP contribution >= 0.6 is 23.2 Å². The predicted octanol–water partition coefficient (Wildman–Crippen LogP) is 4.92. The Morgan fingerprint density at radius 2 is 1.85 bits per heavy atom. The van der Waals surface area contributed by atoms with Gasteiger partial charge < -0.3 is 10.5 Å². The first-order chi connectivity index (χ1) is 9.65. The average molecular weight is 305 g/mol. The number of aromatic nitrogens is 1. The summed E-state index contributed by atoms with van der Waals surface area (Å²) in [5, 5.41) is 1.78. The second kappa shape index (κ2) is 5.19. The molecule has 1 heterocycles. The van der Waals surface area contributed by atoms with E-state index in [9.17, 15) is 0 Å². The van der Waals surface area contributed by atoms with Crippen LogP contribution in [0.3, 0.4) is 0 Å². The van der Waals surface area contributed by atoms with Gasteiger partial charge in [-0.3, -0.25) is 4.98 Å². The number of halogens is 2. The van der Waals surface area contributed by atoms with Gasteiger partial charge in [0.1, 0.15) is 11.5 Å². The van der Waals surface area contributed by atoms with Crippen LogP contribution in [0.4, 0.5) is 5.69 Å². The summed E-state index contributed by atoms with van der Waals surface area (Å²) in [6, 6.07) is 12.5. The molecule has 3 aromatic rings. The lowest BCUT2D eigenvalue weighted by Gasteiger charge is -2.10. The number of fused-ring (bicyclic) bond motifs is 1. The van der Waals surface area contributed by atoms with Gasteiger partial charge in [-0.1, -0.05) is 29.3 Å². The number of anilines is 1. The normalized spacial score (nSPS) is 10.7. The molecule has 20 heavy (non-hydrogen) atoms. The largest absolute Gasteiger partial charge is 0.457 e. The van der Waals surface area contributed by atoms with Crippen LogP contribution in [0.1, 0.15) is 0 Å². The second-order valence-electron chi connectivity index (χ2n) is 4.23. The van der Waals surface area contributed by atoms with Crippen molar-refractivity contribution in [1.29, 1.82) is 0 Å². The highest BCUT2D eigenvalue weighted by Crippen LogP contribution is 2.33. The molecule has 2 N–H and O–H groups in total. The van der Waals surface area contributed by atoms with Crippen LogP contribution in [0, 0.1) is 0 Å². The van der Waals surface area contributed by atoms with Crippen LogP contribution < -0.4 is 10.5 Å². The average Bonchev–Trinajstić information content (AvgIpc) is 2.44. The van der Waals surface area contributed by atoms with Gasteiger partial charge in [0, 0.05) is 17.6 Å². The predicted molar refractivity (Wildman–Crippen MR) is 82.7 cm³/mol. The maximum atomic E-state index is 5.98. The standard InChI is InChI=1S/C15H10Cl2N2O/c16-11-5-4-9(8-12(11)17)20-14-6-7-19-15-10(14)2-1-3-13(15)18/h1-8H,18H2. The number of benzene rings is 2. The first-order valence-corrected chi connectivity index (χ1v) is 6.67. The van der Waals surface area contributed by atoms with Crippen molar-refractivity contribution in [2.75, 3.05) is 5.73 Å². The van der Waals surface area contributed by atoms with Crippen molar-refractivity contribution < 1.29 is 4.74 Å². The summed E-state index contributed by atoms with van der Waals surface area (Å²) in [6.45, 7) is 0. The third-order valence-corrected chi connectivity index (χ3v) is 3.62. The SMILES string of the molecule is Nc1cccc2c(Oc3ccc(Cl)c(Cl)c3)ccnc12. The number of rotatable bonds is 2. The van der Waals surface area contributed by atoms with Gasteiger partial charge in [0.05, 0.1) is 21.2 Å². The van der Waals surface area contributed by atoms with Crippen molar-refractivity contribution in [2.45, 2.75) is 0 Å². The Bertz CT molecular complexity index is 790. The molecule has 3 nitrogen and oxygen atoms in total. The zero-order chi connectivity index (χ0) is 14.1. The van der Waals surface area contributed by atoms with Crippen LogP contribution in [-0.2, 0) is 0 Å². The Kier molecular flexibility index (Phi) is 3.38. The minimum atomic E-state index is 0.446. The van der Waals surface area contributed by atoms with E-state index in [1.807, 2.05) is 12.1 Å². The third kappa shape index (κ3) is 2.38. The molecule has 3 rings (SSSR count). The van der Waals surface area contributed by atoms with Crippen LogP contribution in [0.2, 0.25) is 10.0 Å². The van der Waals surface area contributed by atoms with Crippen molar-refractivity contribution in [3.8, 4) is 11.5 Å².